The van der Waals surface area contributed by atoms with Crippen LogP contribution in [0.15, 0.2) is 36.5 Å². The number of carbonyl (C=O) groups excluding carboxylic acids is 1. The molecule has 2 aliphatic heterocycles. The van der Waals surface area contributed by atoms with Crippen molar-refractivity contribution >= 4 is 11.9 Å². The van der Waals surface area contributed by atoms with Crippen molar-refractivity contribution in [2.45, 2.75) is 77.9 Å². The maximum Gasteiger partial charge on any atom is 0.417 e. The zero-order valence-electron chi connectivity index (χ0n) is 24.8. The quantitative estimate of drug-likeness (QED) is 0.411. The van der Waals surface area contributed by atoms with Gasteiger partial charge in [-0.25, -0.2) is 9.78 Å². The second kappa shape index (κ2) is 12.2. The lowest BCUT2D eigenvalue weighted by molar-refractivity contribution is -0.154. The van der Waals surface area contributed by atoms with Crippen LogP contribution < -0.4 is 4.74 Å². The topological polar surface area (TPSA) is 98.2 Å². The largest absolute Gasteiger partial charge is 0.481 e. The van der Waals surface area contributed by atoms with E-state index < -0.39 is 53.1 Å². The third-order valence-electron chi connectivity index (χ3n) is 8.21. The molecule has 4 rings (SSSR count). The molecule has 2 fully saturated rings. The molecule has 5 atom stereocenters. The fraction of sp³-hybridized carbons (Fsp3) is 0.581. The number of likely N-dealkylation sites (tertiary alicyclic amines) is 1. The van der Waals surface area contributed by atoms with Gasteiger partial charge in [-0.1, -0.05) is 58.9 Å². The highest BCUT2D eigenvalue weighted by Gasteiger charge is 2.59. The highest BCUT2D eigenvalue weighted by atomic mass is 19.4. The third kappa shape index (κ3) is 6.27. The number of hydrogen-bond donors (Lipinski definition) is 1. The summed E-state index contributed by atoms with van der Waals surface area (Å²) >= 11 is 0. The van der Waals surface area contributed by atoms with Crippen molar-refractivity contribution in [3.8, 4) is 5.88 Å². The summed E-state index contributed by atoms with van der Waals surface area (Å²) in [5, 5.41) is 10.6. The maximum absolute atomic E-state index is 14.1. The van der Waals surface area contributed by atoms with Gasteiger partial charge in [0, 0.05) is 24.3 Å². The number of nitrogens with zero attached hydrogens (tertiary/aromatic N) is 2. The molecule has 8 nitrogen and oxygen atoms in total. The van der Waals surface area contributed by atoms with E-state index in [0.717, 1.165) is 17.2 Å². The lowest BCUT2D eigenvalue weighted by Crippen LogP contribution is -2.49. The van der Waals surface area contributed by atoms with E-state index in [4.69, 9.17) is 14.2 Å². The van der Waals surface area contributed by atoms with Crippen LogP contribution in [0.3, 0.4) is 0 Å². The number of amides is 1. The van der Waals surface area contributed by atoms with Gasteiger partial charge in [0.25, 0.3) is 0 Å². The number of benzene rings is 1. The van der Waals surface area contributed by atoms with E-state index in [9.17, 15) is 27.9 Å². The number of carbonyl (C=O) groups is 2. The fourth-order valence-electron chi connectivity index (χ4n) is 6.29. The van der Waals surface area contributed by atoms with Crippen LogP contribution in [0.5, 0.6) is 5.88 Å². The molecule has 0 bridgehead atoms. The summed E-state index contributed by atoms with van der Waals surface area (Å²) in [7, 11) is 1.30. The first-order valence-electron chi connectivity index (χ1n) is 14.1. The minimum Gasteiger partial charge on any atom is -0.481 e. The van der Waals surface area contributed by atoms with E-state index in [-0.39, 0.29) is 36.5 Å². The highest BCUT2D eigenvalue weighted by Crippen LogP contribution is 2.51. The normalized spacial score (nSPS) is 24.8. The number of halogens is 3. The molecule has 3 heterocycles. The number of ether oxygens (including phenoxy) is 3. The number of carboxylic acid groups (broad SMARTS) is 1. The minimum atomic E-state index is -4.63. The predicted octanol–water partition coefficient (Wildman–Crippen LogP) is 5.85. The number of pyridine rings is 1. The molecule has 11 heteroatoms. The van der Waals surface area contributed by atoms with Crippen molar-refractivity contribution in [1.29, 1.82) is 0 Å². The van der Waals surface area contributed by atoms with Gasteiger partial charge in [-0.05, 0) is 34.9 Å². The van der Waals surface area contributed by atoms with Crippen LogP contribution in [-0.4, -0.2) is 59.3 Å². The van der Waals surface area contributed by atoms with Gasteiger partial charge in [0.1, 0.15) is 6.04 Å². The SMILES string of the molecule is COc1ncc(C(F)(F)F)cc1COC1C(c2ccccc2C(C)C)N(C(=O)[C@@H]2CCOC2)[C@H](C(=O)O)C1C(C)(C)C. The molecule has 42 heavy (non-hydrogen) atoms. The van der Waals surface area contributed by atoms with Crippen molar-refractivity contribution in [2.24, 2.45) is 17.3 Å². The fourth-order valence-corrected chi connectivity index (χ4v) is 6.29. The van der Waals surface area contributed by atoms with E-state index in [1.54, 1.807) is 0 Å². The van der Waals surface area contributed by atoms with Crippen molar-refractivity contribution in [3.63, 3.8) is 0 Å². The standard InChI is InChI=1S/C31H39F3N2O6/c1-17(2)21-9-7-8-10-22(21)24-26(42-16-19-13-20(31(32,33)34)14-35-27(19)40-6)23(30(3,4)5)25(29(38)39)36(24)28(37)18-11-12-41-15-18/h7-10,13-14,17-18,23-26H,11-12,15-16H2,1-6H3,(H,38,39)/t18-,23?,24?,25+,26?/m1/s1. The monoisotopic (exact) mass is 592 g/mol. The van der Waals surface area contributed by atoms with E-state index in [1.165, 1.54) is 12.0 Å². The number of alkyl halides is 3. The maximum atomic E-state index is 14.1. The predicted molar refractivity (Wildman–Crippen MR) is 148 cm³/mol. The summed E-state index contributed by atoms with van der Waals surface area (Å²) in [5.41, 5.74) is 0.113. The number of carboxylic acids is 1. The van der Waals surface area contributed by atoms with Gasteiger partial charge in [0.15, 0.2) is 0 Å². The van der Waals surface area contributed by atoms with Crippen molar-refractivity contribution in [2.75, 3.05) is 20.3 Å². The molecular weight excluding hydrogens is 553 g/mol. The van der Waals surface area contributed by atoms with Crippen LogP contribution in [0.2, 0.25) is 0 Å². The number of aliphatic carboxylic acids is 1. The number of hydrogen-bond acceptors (Lipinski definition) is 6. The zero-order chi connectivity index (χ0) is 31.0. The van der Waals surface area contributed by atoms with E-state index in [0.29, 0.717) is 19.2 Å². The summed E-state index contributed by atoms with van der Waals surface area (Å²) in [5.74, 6) is -2.71. The zero-order valence-corrected chi connectivity index (χ0v) is 24.8. The summed E-state index contributed by atoms with van der Waals surface area (Å²) in [6.45, 7) is 9.93. The van der Waals surface area contributed by atoms with Crippen molar-refractivity contribution in [3.05, 3.63) is 58.8 Å². The number of methoxy groups -OCH3 is 1. The van der Waals surface area contributed by atoms with Gasteiger partial charge in [-0.3, -0.25) is 4.79 Å². The molecule has 2 aliphatic rings. The molecule has 1 N–H and O–H groups in total. The van der Waals surface area contributed by atoms with Crippen LogP contribution >= 0.6 is 0 Å². The Labute approximate surface area is 244 Å². The van der Waals surface area contributed by atoms with Gasteiger partial charge in [0.05, 0.1) is 44.0 Å². The molecule has 2 saturated heterocycles. The molecule has 0 aliphatic carbocycles. The Balaban J connectivity index is 1.89. The highest BCUT2D eigenvalue weighted by molar-refractivity contribution is 5.87. The Kier molecular flexibility index (Phi) is 9.22. The smallest absolute Gasteiger partial charge is 0.417 e. The van der Waals surface area contributed by atoms with Gasteiger partial charge >= 0.3 is 12.1 Å². The Bertz CT molecular complexity index is 1290. The Hall–Kier alpha value is -3.18. The molecule has 230 valence electrons. The molecule has 1 amide bonds. The van der Waals surface area contributed by atoms with Gasteiger partial charge in [-0.15, -0.1) is 0 Å². The second-order valence-corrected chi connectivity index (χ2v) is 12.4. The van der Waals surface area contributed by atoms with Gasteiger partial charge in [-0.2, -0.15) is 13.2 Å². The molecule has 1 aromatic carbocycles. The molecule has 1 aromatic heterocycles. The number of aromatic nitrogens is 1. The lowest BCUT2D eigenvalue weighted by atomic mass is 9.73. The third-order valence-corrected chi connectivity index (χ3v) is 8.21. The minimum absolute atomic E-state index is 0.0294. The van der Waals surface area contributed by atoms with Crippen LogP contribution in [0.4, 0.5) is 13.2 Å². The summed E-state index contributed by atoms with van der Waals surface area (Å²) in [4.78, 5) is 32.5. The Morgan fingerprint density at radius 2 is 1.88 bits per heavy atom. The van der Waals surface area contributed by atoms with Crippen molar-refractivity contribution in [1.82, 2.24) is 9.88 Å². The summed E-state index contributed by atoms with van der Waals surface area (Å²) in [6.07, 6.45) is -4.34. The first-order valence-corrected chi connectivity index (χ1v) is 14.1. The average Bonchev–Trinajstić information content (AvgIpc) is 3.57. The molecule has 0 spiro atoms. The summed E-state index contributed by atoms with van der Waals surface area (Å²) in [6, 6.07) is 6.41. The van der Waals surface area contributed by atoms with Gasteiger partial charge in [0.2, 0.25) is 11.8 Å². The second-order valence-electron chi connectivity index (χ2n) is 12.4. The van der Waals surface area contributed by atoms with Crippen LogP contribution in [0.1, 0.15) is 75.3 Å². The van der Waals surface area contributed by atoms with Gasteiger partial charge < -0.3 is 24.2 Å². The summed E-state index contributed by atoms with van der Waals surface area (Å²) < 4.78 is 57.9. The van der Waals surface area contributed by atoms with Crippen molar-refractivity contribution < 1.29 is 42.1 Å². The first-order chi connectivity index (χ1) is 19.7. The van der Waals surface area contributed by atoms with E-state index >= 15 is 0 Å². The molecular formula is C31H39F3N2O6. The number of rotatable bonds is 8. The molecule has 0 saturated carbocycles. The lowest BCUT2D eigenvalue weighted by Gasteiger charge is -2.35. The average molecular weight is 593 g/mol. The first kappa shape index (κ1) is 31.7. The Morgan fingerprint density at radius 1 is 1.19 bits per heavy atom. The van der Waals surface area contributed by atoms with Crippen LogP contribution in [-0.2, 0) is 31.8 Å². The Morgan fingerprint density at radius 3 is 2.43 bits per heavy atom. The van der Waals surface area contributed by atoms with Crippen LogP contribution in [0, 0.1) is 17.3 Å². The molecule has 2 aromatic rings. The molecule has 0 radical (unpaired) electrons. The van der Waals surface area contributed by atoms with Crippen LogP contribution in [0.25, 0.3) is 0 Å². The van der Waals surface area contributed by atoms with E-state index in [1.807, 2.05) is 58.9 Å². The molecule has 3 unspecified atom stereocenters. The van der Waals surface area contributed by atoms with E-state index in [2.05, 4.69) is 4.98 Å².